The number of aryl methyl sites for hydroxylation is 1. The summed E-state index contributed by atoms with van der Waals surface area (Å²) in [7, 11) is -0.738. The van der Waals surface area contributed by atoms with Gasteiger partial charge in [-0.2, -0.15) is 0 Å². The van der Waals surface area contributed by atoms with Gasteiger partial charge in [0.25, 0.3) is 0 Å². The maximum Gasteiger partial charge on any atom is 0.242 e. The molecular formula is C9H13FN2O2S. The fourth-order valence-electron chi connectivity index (χ4n) is 1.14. The first kappa shape index (κ1) is 11.9. The van der Waals surface area contributed by atoms with Gasteiger partial charge in [0.15, 0.2) is 0 Å². The van der Waals surface area contributed by atoms with E-state index >= 15 is 0 Å². The first-order valence-electron chi connectivity index (χ1n) is 4.25. The van der Waals surface area contributed by atoms with Crippen molar-refractivity contribution < 1.29 is 12.8 Å². The minimum absolute atomic E-state index is 0.0337. The van der Waals surface area contributed by atoms with Crippen LogP contribution in [0.2, 0.25) is 0 Å². The number of benzene rings is 1. The molecule has 0 unspecified atom stereocenters. The predicted molar refractivity (Wildman–Crippen MR) is 56.4 cm³/mol. The van der Waals surface area contributed by atoms with Crippen molar-refractivity contribution in [2.24, 2.45) is 0 Å². The summed E-state index contributed by atoms with van der Waals surface area (Å²) in [5, 5.41) is 0. The van der Waals surface area contributed by atoms with E-state index in [1.165, 1.54) is 21.0 Å². The van der Waals surface area contributed by atoms with E-state index in [2.05, 4.69) is 0 Å². The number of rotatable bonds is 2. The zero-order chi connectivity index (χ0) is 11.8. The van der Waals surface area contributed by atoms with Crippen LogP contribution >= 0.6 is 0 Å². The van der Waals surface area contributed by atoms with E-state index in [1.54, 1.807) is 0 Å². The van der Waals surface area contributed by atoms with Gasteiger partial charge in [-0.1, -0.05) is 0 Å². The van der Waals surface area contributed by atoms with E-state index in [0.717, 1.165) is 16.4 Å². The number of nitrogens with two attached hydrogens (primary N) is 1. The van der Waals surface area contributed by atoms with Gasteiger partial charge in [0.1, 0.15) is 5.82 Å². The highest BCUT2D eigenvalue weighted by Gasteiger charge is 2.20. The molecule has 0 amide bonds. The number of sulfonamides is 1. The van der Waals surface area contributed by atoms with Crippen LogP contribution < -0.4 is 5.73 Å². The van der Waals surface area contributed by atoms with E-state index in [0.29, 0.717) is 5.56 Å². The van der Waals surface area contributed by atoms with Crippen LogP contribution in [0.3, 0.4) is 0 Å². The van der Waals surface area contributed by atoms with Gasteiger partial charge in [-0.15, -0.1) is 0 Å². The molecule has 0 aliphatic rings. The van der Waals surface area contributed by atoms with Crippen LogP contribution in [0.5, 0.6) is 0 Å². The first-order valence-corrected chi connectivity index (χ1v) is 5.69. The quantitative estimate of drug-likeness (QED) is 0.773. The maximum atomic E-state index is 13.0. The number of nitrogens with zero attached hydrogens (tertiary/aromatic N) is 1. The fourth-order valence-corrected chi connectivity index (χ4v) is 2.28. The molecule has 0 atom stereocenters. The molecule has 0 heterocycles. The van der Waals surface area contributed by atoms with Crippen LogP contribution in [-0.2, 0) is 10.0 Å². The molecule has 0 saturated carbocycles. The molecule has 1 aromatic carbocycles. The highest BCUT2D eigenvalue weighted by atomic mass is 32.2. The average molecular weight is 232 g/mol. The molecule has 4 nitrogen and oxygen atoms in total. The highest BCUT2D eigenvalue weighted by Crippen LogP contribution is 2.23. The summed E-state index contributed by atoms with van der Waals surface area (Å²) in [5.74, 6) is -0.606. The van der Waals surface area contributed by atoms with E-state index in [4.69, 9.17) is 5.73 Å². The number of nitrogen functional groups attached to an aromatic ring is 1. The molecule has 84 valence electrons. The number of hydrogen-bond acceptors (Lipinski definition) is 3. The van der Waals surface area contributed by atoms with Crippen molar-refractivity contribution in [3.05, 3.63) is 23.5 Å². The molecule has 2 N–H and O–H groups in total. The Morgan fingerprint density at radius 3 is 2.33 bits per heavy atom. The molecular weight excluding hydrogens is 219 g/mol. The van der Waals surface area contributed by atoms with Crippen molar-refractivity contribution in [2.75, 3.05) is 19.8 Å². The second-order valence-electron chi connectivity index (χ2n) is 3.43. The largest absolute Gasteiger partial charge is 0.396 e. The Labute approximate surface area is 88.6 Å². The lowest BCUT2D eigenvalue weighted by molar-refractivity contribution is 0.519. The molecule has 1 rings (SSSR count). The molecule has 0 saturated heterocycles. The number of hydrogen-bond donors (Lipinski definition) is 1. The zero-order valence-corrected chi connectivity index (χ0v) is 9.60. The third kappa shape index (κ3) is 2.10. The predicted octanol–water partition coefficient (Wildman–Crippen LogP) is 0.967. The van der Waals surface area contributed by atoms with Crippen molar-refractivity contribution in [1.29, 1.82) is 0 Å². The normalized spacial score (nSPS) is 12.1. The summed E-state index contributed by atoms with van der Waals surface area (Å²) in [6.45, 7) is 1.53. The van der Waals surface area contributed by atoms with E-state index < -0.39 is 15.8 Å². The summed E-state index contributed by atoms with van der Waals surface area (Å²) in [4.78, 5) is 0.0337. The van der Waals surface area contributed by atoms with E-state index in [9.17, 15) is 12.8 Å². The summed E-state index contributed by atoms with van der Waals surface area (Å²) in [5.41, 5.74) is 5.51. The second-order valence-corrected chi connectivity index (χ2v) is 5.55. The first-order chi connectivity index (χ1) is 6.76. The Morgan fingerprint density at radius 1 is 1.33 bits per heavy atom. The molecule has 0 radical (unpaired) electrons. The van der Waals surface area contributed by atoms with Gasteiger partial charge in [0.05, 0.1) is 10.6 Å². The van der Waals surface area contributed by atoms with Crippen molar-refractivity contribution in [1.82, 2.24) is 4.31 Å². The standard InChI is InChI=1S/C9H13FN2O2S/c1-6-4-7(10)8(11)5-9(6)15(13,14)12(2)3/h4-5H,11H2,1-3H3. The molecule has 6 heteroatoms. The summed E-state index contributed by atoms with van der Waals surface area (Å²) < 4.78 is 37.6. The number of halogens is 1. The van der Waals surface area contributed by atoms with Crippen LogP contribution in [0.1, 0.15) is 5.56 Å². The molecule has 0 bridgehead atoms. The SMILES string of the molecule is Cc1cc(F)c(N)cc1S(=O)(=O)N(C)C. The third-order valence-corrected chi connectivity index (χ3v) is 4.01. The van der Waals surface area contributed by atoms with Crippen molar-refractivity contribution >= 4 is 15.7 Å². The van der Waals surface area contributed by atoms with Crippen LogP contribution in [0.4, 0.5) is 10.1 Å². The smallest absolute Gasteiger partial charge is 0.242 e. The summed E-state index contributed by atoms with van der Waals surface area (Å²) in [6, 6.07) is 2.26. The lowest BCUT2D eigenvalue weighted by atomic mass is 10.2. The van der Waals surface area contributed by atoms with Crippen LogP contribution in [0.15, 0.2) is 17.0 Å². The van der Waals surface area contributed by atoms with Gasteiger partial charge in [-0.3, -0.25) is 0 Å². The highest BCUT2D eigenvalue weighted by molar-refractivity contribution is 7.89. The lowest BCUT2D eigenvalue weighted by Crippen LogP contribution is -2.23. The second kappa shape index (κ2) is 3.79. The fraction of sp³-hybridized carbons (Fsp3) is 0.333. The van der Waals surface area contributed by atoms with Gasteiger partial charge in [0, 0.05) is 14.1 Å². The summed E-state index contributed by atoms with van der Waals surface area (Å²) >= 11 is 0. The molecule has 0 fully saturated rings. The van der Waals surface area contributed by atoms with Gasteiger partial charge in [-0.05, 0) is 24.6 Å². The number of anilines is 1. The Bertz CT molecular complexity index is 483. The van der Waals surface area contributed by atoms with Gasteiger partial charge >= 0.3 is 0 Å². The Kier molecular flexibility index (Phi) is 3.01. The van der Waals surface area contributed by atoms with Gasteiger partial charge in [0.2, 0.25) is 10.0 Å². The topological polar surface area (TPSA) is 63.4 Å². The molecule has 0 aliphatic heterocycles. The Hall–Kier alpha value is -1.14. The van der Waals surface area contributed by atoms with Crippen LogP contribution in [0.25, 0.3) is 0 Å². The van der Waals surface area contributed by atoms with E-state index in [1.807, 2.05) is 0 Å². The van der Waals surface area contributed by atoms with E-state index in [-0.39, 0.29) is 10.6 Å². The van der Waals surface area contributed by atoms with Crippen molar-refractivity contribution in [3.8, 4) is 0 Å². The zero-order valence-electron chi connectivity index (χ0n) is 8.78. The van der Waals surface area contributed by atoms with Crippen LogP contribution in [0, 0.1) is 12.7 Å². The third-order valence-electron chi connectivity index (χ3n) is 2.05. The Morgan fingerprint density at radius 2 is 1.87 bits per heavy atom. The minimum atomic E-state index is -3.56. The monoisotopic (exact) mass is 232 g/mol. The van der Waals surface area contributed by atoms with Gasteiger partial charge in [-0.25, -0.2) is 17.1 Å². The van der Waals surface area contributed by atoms with Crippen molar-refractivity contribution in [3.63, 3.8) is 0 Å². The molecule has 0 aliphatic carbocycles. The molecule has 0 aromatic heterocycles. The minimum Gasteiger partial charge on any atom is -0.396 e. The van der Waals surface area contributed by atoms with Crippen LogP contribution in [-0.4, -0.2) is 26.8 Å². The molecule has 0 spiro atoms. The molecule has 1 aromatic rings. The summed E-state index contributed by atoms with van der Waals surface area (Å²) in [6.07, 6.45) is 0. The molecule has 15 heavy (non-hydrogen) atoms. The van der Waals surface area contributed by atoms with Crippen molar-refractivity contribution in [2.45, 2.75) is 11.8 Å². The maximum absolute atomic E-state index is 13.0. The Balaban J connectivity index is 3.46. The van der Waals surface area contributed by atoms with Gasteiger partial charge < -0.3 is 5.73 Å². The average Bonchev–Trinajstić information content (AvgIpc) is 2.10. The lowest BCUT2D eigenvalue weighted by Gasteiger charge is -2.14.